The number of nitrogens with zero attached hydrogens (tertiary/aromatic N) is 1. The molecule has 0 bridgehead atoms. The van der Waals surface area contributed by atoms with E-state index in [-0.39, 0.29) is 23.3 Å². The Morgan fingerprint density at radius 3 is 2.36 bits per heavy atom. The first-order valence-corrected chi connectivity index (χ1v) is 11.1. The molecule has 0 spiro atoms. The van der Waals surface area contributed by atoms with Crippen molar-refractivity contribution in [2.24, 2.45) is 0 Å². The number of nitrogens with one attached hydrogen (secondary N) is 1. The predicted molar refractivity (Wildman–Crippen MR) is 113 cm³/mol. The molecule has 1 amide bonds. The van der Waals surface area contributed by atoms with Crippen LogP contribution in [-0.2, 0) is 14.8 Å². The maximum atomic E-state index is 12.5. The van der Waals surface area contributed by atoms with E-state index in [4.69, 9.17) is 0 Å². The Morgan fingerprint density at radius 1 is 1.07 bits per heavy atom. The summed E-state index contributed by atoms with van der Waals surface area (Å²) in [6.45, 7) is 6.47. The highest BCUT2D eigenvalue weighted by molar-refractivity contribution is 7.89. The number of amides is 1. The van der Waals surface area contributed by atoms with Gasteiger partial charge in [0.25, 0.3) is 0 Å². The van der Waals surface area contributed by atoms with E-state index in [0.717, 1.165) is 12.0 Å². The molecule has 0 fully saturated rings. The highest BCUT2D eigenvalue weighted by Crippen LogP contribution is 2.20. The van der Waals surface area contributed by atoms with E-state index in [0.29, 0.717) is 13.0 Å². The number of hydrogen-bond donors (Lipinski definition) is 1. The Balaban J connectivity index is 1.88. The molecule has 2 rings (SSSR count). The first kappa shape index (κ1) is 22.1. The lowest BCUT2D eigenvalue weighted by Gasteiger charge is -2.20. The molecule has 152 valence electrons. The van der Waals surface area contributed by atoms with E-state index in [1.165, 1.54) is 15.4 Å². The van der Waals surface area contributed by atoms with Crippen molar-refractivity contribution >= 4 is 15.9 Å². The highest BCUT2D eigenvalue weighted by atomic mass is 32.2. The minimum Gasteiger partial charge on any atom is -0.349 e. The van der Waals surface area contributed by atoms with Crippen molar-refractivity contribution in [1.82, 2.24) is 9.62 Å². The van der Waals surface area contributed by atoms with Gasteiger partial charge in [-0.25, -0.2) is 12.7 Å². The van der Waals surface area contributed by atoms with Crippen molar-refractivity contribution in [3.8, 4) is 0 Å². The number of rotatable bonds is 9. The molecule has 28 heavy (non-hydrogen) atoms. The van der Waals surface area contributed by atoms with Crippen molar-refractivity contribution in [2.75, 3.05) is 13.6 Å². The Labute approximate surface area is 168 Å². The first-order valence-electron chi connectivity index (χ1n) is 9.63. The average Bonchev–Trinajstić information content (AvgIpc) is 2.68. The Hall–Kier alpha value is -2.18. The van der Waals surface area contributed by atoms with Crippen molar-refractivity contribution in [3.63, 3.8) is 0 Å². The second kappa shape index (κ2) is 9.85. The fraction of sp³-hybridized carbons (Fsp3) is 0.409. The van der Waals surface area contributed by atoms with Gasteiger partial charge in [0.15, 0.2) is 0 Å². The van der Waals surface area contributed by atoms with Crippen LogP contribution in [0, 0.1) is 13.8 Å². The molecule has 0 radical (unpaired) electrons. The Kier molecular flexibility index (Phi) is 7.78. The lowest BCUT2D eigenvalue weighted by Crippen LogP contribution is -2.31. The molecule has 5 nitrogen and oxygen atoms in total. The molecule has 0 saturated heterocycles. The lowest BCUT2D eigenvalue weighted by molar-refractivity contribution is -0.122. The second-order valence-corrected chi connectivity index (χ2v) is 9.16. The van der Waals surface area contributed by atoms with E-state index in [9.17, 15) is 13.2 Å². The first-order chi connectivity index (χ1) is 13.3. The molecule has 6 heteroatoms. The molecule has 0 heterocycles. The zero-order chi connectivity index (χ0) is 20.7. The quantitative estimate of drug-likeness (QED) is 0.690. The molecular weight excluding hydrogens is 372 g/mol. The van der Waals surface area contributed by atoms with Gasteiger partial charge in [-0.3, -0.25) is 4.79 Å². The fourth-order valence-corrected chi connectivity index (χ4v) is 4.25. The van der Waals surface area contributed by atoms with Gasteiger partial charge in [0, 0.05) is 20.0 Å². The van der Waals surface area contributed by atoms with Gasteiger partial charge in [-0.1, -0.05) is 43.3 Å². The summed E-state index contributed by atoms with van der Waals surface area (Å²) in [7, 11) is -1.97. The number of benzene rings is 2. The minimum absolute atomic E-state index is 0.0300. The van der Waals surface area contributed by atoms with Crippen LogP contribution in [0.1, 0.15) is 48.9 Å². The normalized spacial score (nSPS) is 12.8. The number of sulfonamides is 1. The smallest absolute Gasteiger partial charge is 0.242 e. The van der Waals surface area contributed by atoms with Crippen molar-refractivity contribution in [1.29, 1.82) is 0 Å². The van der Waals surface area contributed by atoms with Crippen LogP contribution in [0.3, 0.4) is 0 Å². The van der Waals surface area contributed by atoms with Crippen LogP contribution < -0.4 is 5.32 Å². The van der Waals surface area contributed by atoms with Crippen molar-refractivity contribution < 1.29 is 13.2 Å². The summed E-state index contributed by atoms with van der Waals surface area (Å²) < 4.78 is 26.3. The number of aryl methyl sites for hydroxylation is 2. The van der Waals surface area contributed by atoms with Gasteiger partial charge >= 0.3 is 0 Å². The summed E-state index contributed by atoms with van der Waals surface area (Å²) >= 11 is 0. The monoisotopic (exact) mass is 402 g/mol. The third-order valence-electron chi connectivity index (χ3n) is 5.01. The van der Waals surface area contributed by atoms with Gasteiger partial charge in [-0.15, -0.1) is 0 Å². The SMILES string of the molecule is CC[C@H](NC(=O)CCCN(C)S(=O)(=O)c1ccccc1)c1ccc(C)c(C)c1. The van der Waals surface area contributed by atoms with Gasteiger partial charge < -0.3 is 5.32 Å². The van der Waals surface area contributed by atoms with Gasteiger partial charge in [-0.05, 0) is 55.5 Å². The second-order valence-electron chi connectivity index (χ2n) is 7.12. The Morgan fingerprint density at radius 2 is 1.75 bits per heavy atom. The maximum absolute atomic E-state index is 12.5. The molecule has 0 aromatic heterocycles. The standard InChI is InChI=1S/C22H30N2O3S/c1-5-21(19-14-13-17(2)18(3)16-19)23-22(25)12-9-15-24(4)28(26,27)20-10-7-6-8-11-20/h6-8,10-11,13-14,16,21H,5,9,12,15H2,1-4H3,(H,23,25)/t21-/m0/s1. The molecule has 0 saturated carbocycles. The van der Waals surface area contributed by atoms with E-state index >= 15 is 0 Å². The van der Waals surface area contributed by atoms with E-state index in [1.807, 2.05) is 6.92 Å². The van der Waals surface area contributed by atoms with E-state index in [2.05, 4.69) is 37.4 Å². The number of carbonyl (C=O) groups excluding carboxylic acids is 1. The maximum Gasteiger partial charge on any atom is 0.242 e. The summed E-state index contributed by atoms with van der Waals surface area (Å²) in [5.41, 5.74) is 3.54. The van der Waals surface area contributed by atoms with E-state index < -0.39 is 10.0 Å². The highest BCUT2D eigenvalue weighted by Gasteiger charge is 2.20. The zero-order valence-corrected chi connectivity index (χ0v) is 17.9. The van der Waals surface area contributed by atoms with Crippen LogP contribution in [0.2, 0.25) is 0 Å². The van der Waals surface area contributed by atoms with Gasteiger partial charge in [0.1, 0.15) is 0 Å². The van der Waals surface area contributed by atoms with Gasteiger partial charge in [-0.2, -0.15) is 0 Å². The minimum atomic E-state index is -3.51. The molecule has 1 atom stereocenters. The molecule has 0 unspecified atom stereocenters. The zero-order valence-electron chi connectivity index (χ0n) is 17.1. The van der Waals surface area contributed by atoms with Crippen LogP contribution in [0.5, 0.6) is 0 Å². The van der Waals surface area contributed by atoms with Gasteiger partial charge in [0.2, 0.25) is 15.9 Å². The summed E-state index contributed by atoms with van der Waals surface area (Å²) in [5.74, 6) is -0.0596. The van der Waals surface area contributed by atoms with Crippen LogP contribution >= 0.6 is 0 Å². The van der Waals surface area contributed by atoms with Crippen molar-refractivity contribution in [2.45, 2.75) is 51.0 Å². The lowest BCUT2D eigenvalue weighted by atomic mass is 9.99. The van der Waals surface area contributed by atoms with Crippen LogP contribution in [0.25, 0.3) is 0 Å². The molecular formula is C22H30N2O3S. The summed E-state index contributed by atoms with van der Waals surface area (Å²) in [5, 5.41) is 3.07. The molecule has 0 aliphatic heterocycles. The number of carbonyl (C=O) groups is 1. The molecule has 2 aromatic carbocycles. The largest absolute Gasteiger partial charge is 0.349 e. The molecule has 0 aliphatic rings. The molecule has 1 N–H and O–H groups in total. The average molecular weight is 403 g/mol. The van der Waals surface area contributed by atoms with E-state index in [1.54, 1.807) is 37.4 Å². The topological polar surface area (TPSA) is 66.5 Å². The molecule has 2 aromatic rings. The number of hydrogen-bond acceptors (Lipinski definition) is 3. The van der Waals surface area contributed by atoms with Crippen LogP contribution in [0.15, 0.2) is 53.4 Å². The Bertz CT molecular complexity index is 895. The molecule has 0 aliphatic carbocycles. The summed E-state index contributed by atoms with van der Waals surface area (Å²) in [4.78, 5) is 12.6. The third-order valence-corrected chi connectivity index (χ3v) is 6.88. The van der Waals surface area contributed by atoms with Gasteiger partial charge in [0.05, 0.1) is 10.9 Å². The van der Waals surface area contributed by atoms with Crippen molar-refractivity contribution in [3.05, 3.63) is 65.2 Å². The van der Waals surface area contributed by atoms with Crippen LogP contribution in [-0.4, -0.2) is 32.2 Å². The summed E-state index contributed by atoms with van der Waals surface area (Å²) in [6, 6.07) is 14.5. The fourth-order valence-electron chi connectivity index (χ4n) is 3.02. The predicted octanol–water partition coefficient (Wildman–Crippen LogP) is 3.97. The summed E-state index contributed by atoms with van der Waals surface area (Å²) in [6.07, 6.45) is 1.56. The third kappa shape index (κ3) is 5.66. The van der Waals surface area contributed by atoms with Crippen LogP contribution in [0.4, 0.5) is 0 Å².